The fourth-order valence-electron chi connectivity index (χ4n) is 4.18. The maximum atomic E-state index is 11.5. The third kappa shape index (κ3) is 5.11. The zero-order chi connectivity index (χ0) is 18.5. The number of aliphatic hydroxyl groups is 1. The van der Waals surface area contributed by atoms with Crippen LogP contribution in [-0.2, 0) is 4.79 Å². The molecule has 3 rings (SSSR count). The lowest BCUT2D eigenvalue weighted by atomic mass is 9.91. The molecule has 1 unspecified atom stereocenters. The smallest absolute Gasteiger partial charge is 0.209 e. The average molecular weight is 445 g/mol. The van der Waals surface area contributed by atoms with Gasteiger partial charge in [0.05, 0.1) is 11.1 Å². The lowest BCUT2D eigenvalue weighted by molar-refractivity contribution is -0.121. The number of amides is 1. The van der Waals surface area contributed by atoms with Crippen molar-refractivity contribution in [2.75, 3.05) is 24.5 Å². The first kappa shape index (κ1) is 19.9. The van der Waals surface area contributed by atoms with E-state index in [4.69, 9.17) is 11.6 Å². The quantitative estimate of drug-likeness (QED) is 0.677. The molecule has 2 heterocycles. The van der Waals surface area contributed by atoms with E-state index in [-0.39, 0.29) is 12.1 Å². The van der Waals surface area contributed by atoms with Crippen molar-refractivity contribution in [3.05, 3.63) is 21.8 Å². The molecule has 2 fully saturated rings. The summed E-state index contributed by atoms with van der Waals surface area (Å²) in [5.41, 5.74) is 0. The second kappa shape index (κ2) is 9.38. The Hall–Kier alpha value is -0.850. The minimum Gasteiger partial charge on any atom is -0.393 e. The number of pyridine rings is 1. The first-order valence-electron chi connectivity index (χ1n) is 9.52. The number of carbonyl (C=O) groups is 1. The highest BCUT2D eigenvalue weighted by atomic mass is 79.9. The van der Waals surface area contributed by atoms with Gasteiger partial charge in [0.2, 0.25) is 6.41 Å². The van der Waals surface area contributed by atoms with Crippen molar-refractivity contribution in [3.8, 4) is 0 Å². The number of aliphatic hydroxyl groups excluding tert-OH is 1. The van der Waals surface area contributed by atoms with Gasteiger partial charge in [-0.1, -0.05) is 11.6 Å². The van der Waals surface area contributed by atoms with Gasteiger partial charge in [-0.3, -0.25) is 4.79 Å². The molecule has 26 heavy (non-hydrogen) atoms. The Morgan fingerprint density at radius 3 is 2.81 bits per heavy atom. The maximum Gasteiger partial charge on any atom is 0.209 e. The highest BCUT2D eigenvalue weighted by Gasteiger charge is 2.26. The van der Waals surface area contributed by atoms with Gasteiger partial charge in [0.25, 0.3) is 0 Å². The number of hydrogen-bond acceptors (Lipinski definition) is 4. The Morgan fingerprint density at radius 1 is 1.35 bits per heavy atom. The number of piperidine rings is 1. The lowest BCUT2D eigenvalue weighted by Gasteiger charge is -2.37. The van der Waals surface area contributed by atoms with E-state index in [0.717, 1.165) is 74.9 Å². The van der Waals surface area contributed by atoms with Gasteiger partial charge in [-0.05, 0) is 72.9 Å². The molecule has 144 valence electrons. The van der Waals surface area contributed by atoms with Gasteiger partial charge >= 0.3 is 0 Å². The minimum atomic E-state index is -0.185. The van der Waals surface area contributed by atoms with Crippen molar-refractivity contribution >= 4 is 39.8 Å². The van der Waals surface area contributed by atoms with Crippen LogP contribution < -0.4 is 4.90 Å². The van der Waals surface area contributed by atoms with Crippen LogP contribution in [0.2, 0.25) is 5.02 Å². The predicted octanol–water partition coefficient (Wildman–Crippen LogP) is 3.87. The molecular formula is C19H27BrClN3O2. The van der Waals surface area contributed by atoms with Crippen molar-refractivity contribution in [2.45, 2.75) is 57.1 Å². The Labute approximate surface area is 168 Å². The number of rotatable bonds is 6. The van der Waals surface area contributed by atoms with Crippen LogP contribution in [0.3, 0.4) is 0 Å². The van der Waals surface area contributed by atoms with Gasteiger partial charge in [0, 0.05) is 36.3 Å². The van der Waals surface area contributed by atoms with E-state index >= 15 is 0 Å². The maximum absolute atomic E-state index is 11.5. The molecule has 1 atom stereocenters. The highest BCUT2D eigenvalue weighted by molar-refractivity contribution is 9.10. The number of halogens is 2. The van der Waals surface area contributed by atoms with Gasteiger partial charge in [0.15, 0.2) is 0 Å². The fraction of sp³-hybridized carbons (Fsp3) is 0.684. The molecule has 1 amide bonds. The average Bonchev–Trinajstić information content (AvgIpc) is 2.64. The van der Waals surface area contributed by atoms with Crippen LogP contribution in [0.5, 0.6) is 0 Å². The van der Waals surface area contributed by atoms with Gasteiger partial charge in [-0.2, -0.15) is 0 Å². The number of nitrogens with zero attached hydrogens (tertiary/aromatic N) is 3. The third-order valence-electron chi connectivity index (χ3n) is 5.67. The zero-order valence-electron chi connectivity index (χ0n) is 15.0. The number of anilines is 1. The summed E-state index contributed by atoms with van der Waals surface area (Å²) in [4.78, 5) is 20.2. The largest absolute Gasteiger partial charge is 0.393 e. The monoisotopic (exact) mass is 443 g/mol. The molecule has 1 saturated heterocycles. The molecule has 0 spiro atoms. The normalized spacial score (nSPS) is 26.6. The standard InChI is InChI=1S/C19H27BrClN3O2/c20-15-10-18(21)19(22-11-15)23-8-1-2-14(12-23)7-9-24(13-25)16-3-5-17(26)6-4-16/h10-11,13-14,16-17,26H,1-9,12H2. The van der Waals surface area contributed by atoms with Crippen molar-refractivity contribution in [1.29, 1.82) is 0 Å². The molecule has 1 N–H and O–H groups in total. The van der Waals surface area contributed by atoms with Gasteiger partial charge in [-0.25, -0.2) is 4.98 Å². The van der Waals surface area contributed by atoms with Crippen molar-refractivity contribution in [3.63, 3.8) is 0 Å². The molecule has 7 heteroatoms. The summed E-state index contributed by atoms with van der Waals surface area (Å²) in [7, 11) is 0. The Morgan fingerprint density at radius 2 is 2.12 bits per heavy atom. The molecule has 0 aromatic carbocycles. The molecule has 1 aromatic heterocycles. The SMILES string of the molecule is O=CN(CCC1CCCN(c2ncc(Br)cc2Cl)C1)C1CCC(O)CC1. The predicted molar refractivity (Wildman–Crippen MR) is 108 cm³/mol. The fourth-order valence-corrected chi connectivity index (χ4v) is 4.92. The highest BCUT2D eigenvalue weighted by Crippen LogP contribution is 2.31. The van der Waals surface area contributed by atoms with Gasteiger partial charge in [-0.15, -0.1) is 0 Å². The molecule has 1 saturated carbocycles. The van der Waals surface area contributed by atoms with E-state index < -0.39 is 0 Å². The van der Waals surface area contributed by atoms with Crippen molar-refractivity contribution in [2.24, 2.45) is 5.92 Å². The van der Waals surface area contributed by atoms with E-state index in [1.165, 1.54) is 6.42 Å². The summed E-state index contributed by atoms with van der Waals surface area (Å²) < 4.78 is 0.888. The molecular weight excluding hydrogens is 418 g/mol. The van der Waals surface area contributed by atoms with Crippen molar-refractivity contribution in [1.82, 2.24) is 9.88 Å². The molecule has 5 nitrogen and oxygen atoms in total. The van der Waals surface area contributed by atoms with Crippen molar-refractivity contribution < 1.29 is 9.90 Å². The zero-order valence-corrected chi connectivity index (χ0v) is 17.3. The van der Waals surface area contributed by atoms with Crippen LogP contribution in [-0.4, -0.2) is 53.2 Å². The van der Waals surface area contributed by atoms with Gasteiger partial charge < -0.3 is 14.9 Å². The second-order valence-corrected chi connectivity index (χ2v) is 8.83. The summed E-state index contributed by atoms with van der Waals surface area (Å²) in [6.45, 7) is 2.71. The minimum absolute atomic E-state index is 0.185. The summed E-state index contributed by atoms with van der Waals surface area (Å²) in [5.74, 6) is 1.40. The second-order valence-electron chi connectivity index (χ2n) is 7.51. The number of aromatic nitrogens is 1. The summed E-state index contributed by atoms with van der Waals surface area (Å²) in [6.07, 6.45) is 9.34. The first-order valence-corrected chi connectivity index (χ1v) is 10.7. The summed E-state index contributed by atoms with van der Waals surface area (Å²) in [6, 6.07) is 2.18. The van der Waals surface area contributed by atoms with Crippen LogP contribution in [0.15, 0.2) is 16.7 Å². The third-order valence-corrected chi connectivity index (χ3v) is 6.38. The lowest BCUT2D eigenvalue weighted by Crippen LogP contribution is -2.41. The van der Waals surface area contributed by atoms with E-state index in [9.17, 15) is 9.90 Å². The van der Waals surface area contributed by atoms with Crippen LogP contribution in [0.1, 0.15) is 44.9 Å². The van der Waals surface area contributed by atoms with Crippen LogP contribution >= 0.6 is 27.5 Å². The van der Waals surface area contributed by atoms with Crippen LogP contribution in [0.4, 0.5) is 5.82 Å². The Bertz CT molecular complexity index is 610. The first-order chi connectivity index (χ1) is 12.6. The molecule has 1 aliphatic heterocycles. The molecule has 0 bridgehead atoms. The summed E-state index contributed by atoms with van der Waals surface area (Å²) >= 11 is 9.77. The summed E-state index contributed by atoms with van der Waals surface area (Å²) in [5, 5.41) is 10.3. The van der Waals surface area contributed by atoms with Crippen LogP contribution in [0.25, 0.3) is 0 Å². The van der Waals surface area contributed by atoms with Gasteiger partial charge in [0.1, 0.15) is 5.82 Å². The number of hydrogen-bond donors (Lipinski definition) is 1. The van der Waals surface area contributed by atoms with Crippen LogP contribution in [0, 0.1) is 5.92 Å². The Kier molecular flexibility index (Phi) is 7.18. The number of carbonyl (C=O) groups excluding carboxylic acids is 1. The van der Waals surface area contributed by atoms with E-state index in [0.29, 0.717) is 10.9 Å². The molecule has 1 aliphatic carbocycles. The van der Waals surface area contributed by atoms with E-state index in [1.54, 1.807) is 6.20 Å². The van der Waals surface area contributed by atoms with E-state index in [2.05, 4.69) is 25.8 Å². The molecule has 2 aliphatic rings. The Balaban J connectivity index is 1.53. The van der Waals surface area contributed by atoms with E-state index in [1.807, 2.05) is 11.0 Å². The molecule has 0 radical (unpaired) electrons. The molecule has 1 aromatic rings. The topological polar surface area (TPSA) is 56.7 Å².